The molecule has 2 aromatic rings. The monoisotopic (exact) mass is 327 g/mol. The molecule has 2 heterocycles. The maximum Gasteiger partial charge on any atom is 0.217 e. The number of oxazole rings is 1. The van der Waals surface area contributed by atoms with Crippen LogP contribution in [0.2, 0.25) is 0 Å². The van der Waals surface area contributed by atoms with Crippen molar-refractivity contribution >= 4 is 5.91 Å². The van der Waals surface area contributed by atoms with E-state index in [1.165, 1.54) is 0 Å². The molecular formula is C19H25N3O2. The van der Waals surface area contributed by atoms with Crippen LogP contribution in [-0.4, -0.2) is 28.9 Å². The summed E-state index contributed by atoms with van der Waals surface area (Å²) in [7, 11) is 0. The average Bonchev–Trinajstić information content (AvgIpc) is 3.10. The molecule has 2 unspecified atom stereocenters. The van der Waals surface area contributed by atoms with Gasteiger partial charge in [-0.25, -0.2) is 4.98 Å². The summed E-state index contributed by atoms with van der Waals surface area (Å²) in [5.41, 5.74) is 6.32. The van der Waals surface area contributed by atoms with Gasteiger partial charge in [-0.15, -0.1) is 0 Å². The van der Waals surface area contributed by atoms with Crippen LogP contribution in [0.15, 0.2) is 40.9 Å². The van der Waals surface area contributed by atoms with Crippen molar-refractivity contribution in [2.45, 2.75) is 38.6 Å². The lowest BCUT2D eigenvalue weighted by molar-refractivity contribution is -0.118. The number of nitrogens with two attached hydrogens (primary N) is 1. The Morgan fingerprint density at radius 3 is 2.96 bits per heavy atom. The molecule has 5 nitrogen and oxygen atoms in total. The van der Waals surface area contributed by atoms with Gasteiger partial charge in [0, 0.05) is 18.5 Å². The molecule has 24 heavy (non-hydrogen) atoms. The average molecular weight is 327 g/mol. The van der Waals surface area contributed by atoms with Gasteiger partial charge in [-0.2, -0.15) is 0 Å². The first kappa shape index (κ1) is 16.7. The minimum Gasteiger partial charge on any atom is -0.439 e. The summed E-state index contributed by atoms with van der Waals surface area (Å²) in [4.78, 5) is 17.9. The zero-order valence-corrected chi connectivity index (χ0v) is 14.1. The number of likely N-dealkylation sites (tertiary alicyclic amines) is 1. The molecular weight excluding hydrogens is 302 g/mol. The number of hydrogen-bond donors (Lipinski definition) is 1. The molecule has 1 aliphatic rings. The molecule has 0 bridgehead atoms. The van der Waals surface area contributed by atoms with E-state index >= 15 is 0 Å². The summed E-state index contributed by atoms with van der Waals surface area (Å²) in [6.45, 7) is 4.14. The van der Waals surface area contributed by atoms with E-state index in [4.69, 9.17) is 10.2 Å². The van der Waals surface area contributed by atoms with Crippen LogP contribution in [0.1, 0.15) is 44.5 Å². The highest BCUT2D eigenvalue weighted by molar-refractivity contribution is 5.73. The second-order valence-electron chi connectivity index (χ2n) is 6.61. The predicted octanol–water partition coefficient (Wildman–Crippen LogP) is 3.38. The molecule has 0 aliphatic carbocycles. The van der Waals surface area contributed by atoms with E-state index in [0.29, 0.717) is 12.3 Å². The van der Waals surface area contributed by atoms with Gasteiger partial charge < -0.3 is 10.2 Å². The number of nitrogens with zero attached hydrogens (tertiary/aromatic N) is 2. The van der Waals surface area contributed by atoms with Crippen molar-refractivity contribution in [2.75, 3.05) is 13.1 Å². The minimum atomic E-state index is -0.208. The maximum atomic E-state index is 11.0. The van der Waals surface area contributed by atoms with Crippen LogP contribution in [0, 0.1) is 5.92 Å². The number of amides is 1. The van der Waals surface area contributed by atoms with Gasteiger partial charge in [0.2, 0.25) is 11.8 Å². The molecule has 0 saturated carbocycles. The van der Waals surface area contributed by atoms with Gasteiger partial charge in [-0.1, -0.05) is 30.3 Å². The molecule has 5 heteroatoms. The third-order valence-corrected chi connectivity index (χ3v) is 4.84. The first-order valence-electron chi connectivity index (χ1n) is 8.67. The Kier molecular flexibility index (Phi) is 5.30. The van der Waals surface area contributed by atoms with Crippen molar-refractivity contribution < 1.29 is 9.21 Å². The number of hydrogen-bond acceptors (Lipinski definition) is 4. The van der Waals surface area contributed by atoms with Crippen LogP contribution in [0.5, 0.6) is 0 Å². The Balaban J connectivity index is 1.64. The quantitative estimate of drug-likeness (QED) is 0.883. The normalized spacial score (nSPS) is 20.0. The molecule has 1 amide bonds. The largest absolute Gasteiger partial charge is 0.439 e. The highest BCUT2D eigenvalue weighted by atomic mass is 16.4. The van der Waals surface area contributed by atoms with Crippen LogP contribution in [0.25, 0.3) is 11.3 Å². The third kappa shape index (κ3) is 4.03. The van der Waals surface area contributed by atoms with Gasteiger partial charge in [0.1, 0.15) is 0 Å². The van der Waals surface area contributed by atoms with E-state index in [-0.39, 0.29) is 11.9 Å². The van der Waals surface area contributed by atoms with Crippen LogP contribution in [0.4, 0.5) is 0 Å². The molecule has 0 radical (unpaired) electrons. The zero-order valence-electron chi connectivity index (χ0n) is 14.1. The SMILES string of the molecule is CC(c1ncc(-c2ccccc2)o1)N1CCCC(CCC(N)=O)C1. The Morgan fingerprint density at radius 2 is 2.21 bits per heavy atom. The lowest BCUT2D eigenvalue weighted by Gasteiger charge is -2.35. The third-order valence-electron chi connectivity index (χ3n) is 4.84. The van der Waals surface area contributed by atoms with E-state index in [2.05, 4.69) is 16.8 Å². The van der Waals surface area contributed by atoms with Gasteiger partial charge >= 0.3 is 0 Å². The molecule has 1 saturated heterocycles. The number of benzene rings is 1. The van der Waals surface area contributed by atoms with Gasteiger partial charge in [0.15, 0.2) is 5.76 Å². The predicted molar refractivity (Wildman–Crippen MR) is 93.1 cm³/mol. The number of carbonyl (C=O) groups excluding carboxylic acids is 1. The van der Waals surface area contributed by atoms with Gasteiger partial charge in [0.25, 0.3) is 0 Å². The number of carbonyl (C=O) groups is 1. The van der Waals surface area contributed by atoms with E-state index < -0.39 is 0 Å². The van der Waals surface area contributed by atoms with Crippen molar-refractivity contribution in [3.8, 4) is 11.3 Å². The molecule has 1 aromatic heterocycles. The summed E-state index contributed by atoms with van der Waals surface area (Å²) < 4.78 is 5.99. The molecule has 0 spiro atoms. The Bertz CT molecular complexity index is 668. The zero-order chi connectivity index (χ0) is 16.9. The second-order valence-corrected chi connectivity index (χ2v) is 6.61. The van der Waals surface area contributed by atoms with Crippen molar-refractivity contribution in [3.63, 3.8) is 0 Å². The number of rotatable bonds is 6. The van der Waals surface area contributed by atoms with Crippen molar-refractivity contribution in [3.05, 3.63) is 42.4 Å². The van der Waals surface area contributed by atoms with E-state index in [1.54, 1.807) is 6.20 Å². The lowest BCUT2D eigenvalue weighted by atomic mass is 9.92. The Hall–Kier alpha value is -2.14. The van der Waals surface area contributed by atoms with Crippen LogP contribution >= 0.6 is 0 Å². The fourth-order valence-electron chi connectivity index (χ4n) is 3.40. The molecule has 1 fully saturated rings. The van der Waals surface area contributed by atoms with Crippen molar-refractivity contribution in [1.29, 1.82) is 0 Å². The first-order valence-corrected chi connectivity index (χ1v) is 8.67. The Labute approximate surface area is 142 Å². The molecule has 2 N–H and O–H groups in total. The fourth-order valence-corrected chi connectivity index (χ4v) is 3.40. The van der Waals surface area contributed by atoms with Gasteiger partial charge in [-0.3, -0.25) is 9.69 Å². The summed E-state index contributed by atoms with van der Waals surface area (Å²) in [6, 6.07) is 10.2. The van der Waals surface area contributed by atoms with Crippen molar-refractivity contribution in [2.24, 2.45) is 11.7 Å². The first-order chi connectivity index (χ1) is 11.6. The van der Waals surface area contributed by atoms with E-state index in [9.17, 15) is 4.79 Å². The molecule has 1 aliphatic heterocycles. The fraction of sp³-hybridized carbons (Fsp3) is 0.474. The highest BCUT2D eigenvalue weighted by Gasteiger charge is 2.27. The second kappa shape index (κ2) is 7.62. The Morgan fingerprint density at radius 1 is 1.42 bits per heavy atom. The molecule has 128 valence electrons. The maximum absolute atomic E-state index is 11.0. The summed E-state index contributed by atoms with van der Waals surface area (Å²) in [5, 5.41) is 0. The van der Waals surface area contributed by atoms with Crippen molar-refractivity contribution in [1.82, 2.24) is 9.88 Å². The van der Waals surface area contributed by atoms with Crippen LogP contribution < -0.4 is 5.73 Å². The molecule has 1 aromatic carbocycles. The summed E-state index contributed by atoms with van der Waals surface area (Å²) in [6.07, 6.45) is 5.45. The number of piperidine rings is 1. The number of primary amides is 1. The molecule has 2 atom stereocenters. The topological polar surface area (TPSA) is 72.4 Å². The standard InChI is InChI=1S/C19H25N3O2/c1-14(22-11-5-6-15(13-22)9-10-18(20)23)19-21-12-17(24-19)16-7-3-2-4-8-16/h2-4,7-8,12,14-15H,5-6,9-11,13H2,1H3,(H2,20,23). The summed E-state index contributed by atoms with van der Waals surface area (Å²) in [5.74, 6) is 1.88. The van der Waals surface area contributed by atoms with Crippen LogP contribution in [-0.2, 0) is 4.79 Å². The van der Waals surface area contributed by atoms with E-state index in [1.807, 2.05) is 30.3 Å². The van der Waals surface area contributed by atoms with Gasteiger partial charge in [0.05, 0.1) is 12.2 Å². The van der Waals surface area contributed by atoms with Crippen LogP contribution in [0.3, 0.4) is 0 Å². The van der Waals surface area contributed by atoms with Gasteiger partial charge in [-0.05, 0) is 38.6 Å². The lowest BCUT2D eigenvalue weighted by Crippen LogP contribution is -2.37. The highest BCUT2D eigenvalue weighted by Crippen LogP contribution is 2.30. The minimum absolute atomic E-state index is 0.138. The molecule has 3 rings (SSSR count). The van der Waals surface area contributed by atoms with E-state index in [0.717, 1.165) is 49.6 Å². The number of aromatic nitrogens is 1. The smallest absolute Gasteiger partial charge is 0.217 e. The summed E-state index contributed by atoms with van der Waals surface area (Å²) >= 11 is 0.